The molecule has 1 aromatic carbocycles. The molecule has 0 radical (unpaired) electrons. The number of hydrogen-bond acceptors (Lipinski definition) is 4. The molecule has 128 valence electrons. The molecule has 1 aliphatic heterocycles. The minimum Gasteiger partial charge on any atom is -0.457 e. The van der Waals surface area contributed by atoms with E-state index >= 15 is 0 Å². The third-order valence-corrected chi connectivity index (χ3v) is 3.54. The first-order valence-electron chi connectivity index (χ1n) is 6.90. The Morgan fingerprint density at radius 3 is 2.36 bits per heavy atom. The average Bonchev–Trinajstić information content (AvgIpc) is 2.99. The summed E-state index contributed by atoms with van der Waals surface area (Å²) in [5.41, 5.74) is -0.808. The van der Waals surface area contributed by atoms with Crippen molar-refractivity contribution in [2.45, 2.75) is 6.18 Å². The number of amides is 2. The van der Waals surface area contributed by atoms with Gasteiger partial charge in [-0.05, 0) is 42.6 Å². The van der Waals surface area contributed by atoms with Gasteiger partial charge in [-0.15, -0.1) is 0 Å². The maximum Gasteiger partial charge on any atom is 0.416 e. The second kappa shape index (κ2) is 6.17. The van der Waals surface area contributed by atoms with Crippen LogP contribution in [0.15, 0.2) is 46.4 Å². The first-order chi connectivity index (χ1) is 11.7. The van der Waals surface area contributed by atoms with Crippen molar-refractivity contribution in [1.82, 2.24) is 10.6 Å². The second-order valence-electron chi connectivity index (χ2n) is 5.08. The Bertz CT molecular complexity index is 893. The Morgan fingerprint density at radius 2 is 1.72 bits per heavy atom. The smallest absolute Gasteiger partial charge is 0.416 e. The van der Waals surface area contributed by atoms with Crippen LogP contribution in [0.25, 0.3) is 17.4 Å². The van der Waals surface area contributed by atoms with Crippen LogP contribution < -0.4 is 10.6 Å². The van der Waals surface area contributed by atoms with Crippen LogP contribution in [0.2, 0.25) is 0 Å². The van der Waals surface area contributed by atoms with E-state index in [1.165, 1.54) is 30.3 Å². The van der Waals surface area contributed by atoms with Crippen LogP contribution in [0.4, 0.5) is 13.2 Å². The van der Waals surface area contributed by atoms with E-state index in [1.807, 2.05) is 0 Å². The summed E-state index contributed by atoms with van der Waals surface area (Å²) in [6.07, 6.45) is -3.28. The van der Waals surface area contributed by atoms with Crippen LogP contribution in [0.3, 0.4) is 0 Å². The predicted octanol–water partition coefficient (Wildman–Crippen LogP) is 2.88. The molecule has 2 heterocycles. The molecule has 1 saturated heterocycles. The van der Waals surface area contributed by atoms with E-state index in [9.17, 15) is 22.8 Å². The highest BCUT2D eigenvalue weighted by atomic mass is 32.1. The van der Waals surface area contributed by atoms with E-state index < -0.39 is 23.6 Å². The molecule has 25 heavy (non-hydrogen) atoms. The summed E-state index contributed by atoms with van der Waals surface area (Å²) in [5, 5.41) is 4.44. The molecule has 1 aromatic heterocycles. The van der Waals surface area contributed by atoms with Crippen molar-refractivity contribution >= 4 is 35.2 Å². The number of furan rings is 1. The van der Waals surface area contributed by atoms with Crippen molar-refractivity contribution in [2.24, 2.45) is 0 Å². The quantitative estimate of drug-likeness (QED) is 0.487. The molecule has 2 amide bonds. The molecule has 2 aromatic rings. The van der Waals surface area contributed by atoms with E-state index in [4.69, 9.17) is 4.42 Å². The van der Waals surface area contributed by atoms with E-state index in [-0.39, 0.29) is 27.8 Å². The van der Waals surface area contributed by atoms with E-state index in [0.29, 0.717) is 0 Å². The van der Waals surface area contributed by atoms with E-state index in [1.54, 1.807) is 0 Å². The van der Waals surface area contributed by atoms with Gasteiger partial charge in [0.15, 0.2) is 5.11 Å². The van der Waals surface area contributed by atoms with Crippen molar-refractivity contribution in [1.29, 1.82) is 0 Å². The van der Waals surface area contributed by atoms with Gasteiger partial charge in [-0.2, -0.15) is 13.2 Å². The van der Waals surface area contributed by atoms with Crippen molar-refractivity contribution in [3.05, 3.63) is 53.3 Å². The van der Waals surface area contributed by atoms with E-state index in [0.717, 1.165) is 12.1 Å². The van der Waals surface area contributed by atoms with Gasteiger partial charge in [-0.25, -0.2) is 0 Å². The summed E-state index contributed by atoms with van der Waals surface area (Å²) in [4.78, 5) is 23.5. The van der Waals surface area contributed by atoms with Crippen LogP contribution in [0, 0.1) is 0 Å². The van der Waals surface area contributed by atoms with Crippen LogP contribution in [-0.4, -0.2) is 16.9 Å². The Hall–Kier alpha value is -2.94. The molecule has 5 nitrogen and oxygen atoms in total. The highest BCUT2D eigenvalue weighted by Gasteiger charge is 2.30. The SMILES string of the molecule is O=C1NC(=S)NC(=O)C1=Cc1ccc(-c2cccc(C(F)(F)F)c2)o1. The first kappa shape index (κ1) is 16.9. The van der Waals surface area contributed by atoms with Gasteiger partial charge in [0.2, 0.25) is 0 Å². The minimum atomic E-state index is -4.47. The summed E-state index contributed by atoms with van der Waals surface area (Å²) in [5.74, 6) is -1.07. The zero-order valence-corrected chi connectivity index (χ0v) is 13.1. The van der Waals surface area contributed by atoms with Gasteiger partial charge in [0.05, 0.1) is 5.56 Å². The predicted molar refractivity (Wildman–Crippen MR) is 86.0 cm³/mol. The number of rotatable bonds is 2. The average molecular weight is 366 g/mol. The minimum absolute atomic E-state index is 0.101. The van der Waals surface area contributed by atoms with Crippen LogP contribution in [0.1, 0.15) is 11.3 Å². The molecule has 2 N–H and O–H groups in total. The topological polar surface area (TPSA) is 71.3 Å². The highest BCUT2D eigenvalue weighted by Crippen LogP contribution is 2.32. The molecule has 0 unspecified atom stereocenters. The number of alkyl halides is 3. The van der Waals surface area contributed by atoms with Gasteiger partial charge in [0, 0.05) is 5.56 Å². The zero-order chi connectivity index (χ0) is 18.2. The van der Waals surface area contributed by atoms with Crippen LogP contribution in [-0.2, 0) is 15.8 Å². The number of benzene rings is 1. The molecule has 1 fully saturated rings. The largest absolute Gasteiger partial charge is 0.457 e. The number of thiocarbonyl (C=S) groups is 1. The number of nitrogens with one attached hydrogen (secondary N) is 2. The molecule has 0 bridgehead atoms. The Labute approximate surface area is 144 Å². The lowest BCUT2D eigenvalue weighted by atomic mass is 10.1. The molecule has 0 aliphatic carbocycles. The number of halogens is 3. The van der Waals surface area contributed by atoms with Crippen molar-refractivity contribution in [2.75, 3.05) is 0 Å². The molecule has 0 atom stereocenters. The molecular formula is C16H9F3N2O3S. The summed E-state index contributed by atoms with van der Waals surface area (Å²) in [7, 11) is 0. The fourth-order valence-electron chi connectivity index (χ4n) is 2.18. The van der Waals surface area contributed by atoms with Gasteiger partial charge in [0.25, 0.3) is 11.8 Å². The lowest BCUT2D eigenvalue weighted by Crippen LogP contribution is -2.51. The Morgan fingerprint density at radius 1 is 1.04 bits per heavy atom. The monoisotopic (exact) mass is 366 g/mol. The first-order valence-corrected chi connectivity index (χ1v) is 7.31. The summed E-state index contributed by atoms with van der Waals surface area (Å²) >= 11 is 4.68. The molecule has 0 spiro atoms. The molecule has 0 saturated carbocycles. The van der Waals surface area contributed by atoms with Gasteiger partial charge in [-0.1, -0.05) is 12.1 Å². The third-order valence-electron chi connectivity index (χ3n) is 3.33. The zero-order valence-electron chi connectivity index (χ0n) is 12.3. The molecule has 3 rings (SSSR count). The molecule has 1 aliphatic rings. The Balaban J connectivity index is 1.91. The van der Waals surface area contributed by atoms with Crippen molar-refractivity contribution in [3.63, 3.8) is 0 Å². The normalized spacial score (nSPS) is 15.0. The number of hydrogen-bond donors (Lipinski definition) is 2. The maximum atomic E-state index is 12.8. The van der Waals surface area contributed by atoms with Gasteiger partial charge >= 0.3 is 6.18 Å². The maximum absolute atomic E-state index is 12.8. The Kier molecular flexibility index (Phi) is 4.17. The summed E-state index contributed by atoms with van der Waals surface area (Å²) < 4.78 is 43.8. The fraction of sp³-hybridized carbons (Fsp3) is 0.0625. The van der Waals surface area contributed by atoms with Crippen LogP contribution >= 0.6 is 12.2 Å². The van der Waals surface area contributed by atoms with E-state index in [2.05, 4.69) is 22.9 Å². The summed E-state index contributed by atoms with van der Waals surface area (Å²) in [6, 6.07) is 7.52. The highest BCUT2D eigenvalue weighted by molar-refractivity contribution is 7.80. The molecular weight excluding hydrogens is 357 g/mol. The van der Waals surface area contributed by atoms with Crippen molar-refractivity contribution < 1.29 is 27.2 Å². The lowest BCUT2D eigenvalue weighted by molar-refractivity contribution is -0.137. The number of carbonyl (C=O) groups excluding carboxylic acids is 2. The molecule has 9 heteroatoms. The van der Waals surface area contributed by atoms with Gasteiger partial charge in [-0.3, -0.25) is 20.2 Å². The second-order valence-corrected chi connectivity index (χ2v) is 5.48. The number of carbonyl (C=O) groups is 2. The van der Waals surface area contributed by atoms with Gasteiger partial charge in [0.1, 0.15) is 17.1 Å². The fourth-order valence-corrected chi connectivity index (χ4v) is 2.37. The van der Waals surface area contributed by atoms with Crippen molar-refractivity contribution in [3.8, 4) is 11.3 Å². The standard InChI is InChI=1S/C16H9F3N2O3S/c17-16(18,19)9-3-1-2-8(6-9)12-5-4-10(24-12)7-11-13(22)20-15(25)21-14(11)23/h1-7H,(H2,20,21,22,23,25). The lowest BCUT2D eigenvalue weighted by Gasteiger charge is -2.15. The van der Waals surface area contributed by atoms with Crippen LogP contribution in [0.5, 0.6) is 0 Å². The van der Waals surface area contributed by atoms with Gasteiger partial charge < -0.3 is 4.42 Å². The summed E-state index contributed by atoms with van der Waals surface area (Å²) in [6.45, 7) is 0. The third kappa shape index (κ3) is 3.61.